The fraction of sp³-hybridized carbons (Fsp3) is 0.643. The predicted molar refractivity (Wildman–Crippen MR) is 77.0 cm³/mol. The Morgan fingerprint density at radius 3 is 3.06 bits per heavy atom. The van der Waals surface area contributed by atoms with Gasteiger partial charge in [-0.05, 0) is 36.1 Å². The molecule has 3 rings (SSSR count). The molecule has 1 heterocycles. The molecule has 1 unspecified atom stereocenters. The summed E-state index contributed by atoms with van der Waals surface area (Å²) in [4.78, 5) is 5.80. The van der Waals surface area contributed by atoms with Crippen LogP contribution in [0.1, 0.15) is 37.0 Å². The fourth-order valence-electron chi connectivity index (χ4n) is 3.15. The van der Waals surface area contributed by atoms with Gasteiger partial charge in [0.1, 0.15) is 0 Å². The van der Waals surface area contributed by atoms with Crippen molar-refractivity contribution in [2.24, 2.45) is 16.1 Å². The van der Waals surface area contributed by atoms with Crippen LogP contribution in [0, 0.1) is 5.41 Å². The molecule has 2 aliphatic carbocycles. The Morgan fingerprint density at radius 2 is 2.33 bits per heavy atom. The van der Waals surface area contributed by atoms with Crippen molar-refractivity contribution in [1.82, 2.24) is 5.32 Å². The van der Waals surface area contributed by atoms with Gasteiger partial charge in [-0.25, -0.2) is 0 Å². The Bertz CT molecular complexity index is 418. The molecule has 3 N–H and O–H groups in total. The highest BCUT2D eigenvalue weighted by Crippen LogP contribution is 2.57. The van der Waals surface area contributed by atoms with Crippen LogP contribution in [0.4, 0.5) is 0 Å². The molecule has 2 aliphatic rings. The Kier molecular flexibility index (Phi) is 3.29. The quantitative estimate of drug-likeness (QED) is 0.648. The molecule has 2 fully saturated rings. The van der Waals surface area contributed by atoms with Crippen LogP contribution in [-0.4, -0.2) is 18.5 Å². The molecule has 0 saturated heterocycles. The lowest BCUT2D eigenvalue weighted by Crippen LogP contribution is -2.35. The van der Waals surface area contributed by atoms with E-state index in [1.807, 2.05) is 0 Å². The van der Waals surface area contributed by atoms with E-state index in [2.05, 4.69) is 27.8 Å². The number of thiophene rings is 1. The summed E-state index contributed by atoms with van der Waals surface area (Å²) in [5.41, 5.74) is 6.54. The largest absolute Gasteiger partial charge is 0.370 e. The van der Waals surface area contributed by atoms with E-state index >= 15 is 0 Å². The molecule has 1 spiro atoms. The molecule has 1 atom stereocenters. The van der Waals surface area contributed by atoms with Gasteiger partial charge in [-0.1, -0.05) is 18.9 Å². The second-order valence-corrected chi connectivity index (χ2v) is 6.60. The van der Waals surface area contributed by atoms with Gasteiger partial charge in [0.15, 0.2) is 5.96 Å². The highest BCUT2D eigenvalue weighted by Gasteiger charge is 2.55. The van der Waals surface area contributed by atoms with Crippen molar-refractivity contribution < 1.29 is 0 Å². The molecule has 98 valence electrons. The van der Waals surface area contributed by atoms with E-state index < -0.39 is 0 Å². The van der Waals surface area contributed by atoms with Crippen LogP contribution in [0.5, 0.6) is 0 Å². The molecule has 4 heteroatoms. The normalized spacial score (nSPS) is 25.6. The van der Waals surface area contributed by atoms with Crippen LogP contribution < -0.4 is 11.1 Å². The van der Waals surface area contributed by atoms with E-state index in [1.165, 1.54) is 37.0 Å². The first-order valence-electron chi connectivity index (χ1n) is 6.87. The van der Waals surface area contributed by atoms with Crippen molar-refractivity contribution in [3.8, 4) is 0 Å². The Balaban J connectivity index is 1.43. The number of nitrogens with zero attached hydrogens (tertiary/aromatic N) is 1. The highest BCUT2D eigenvalue weighted by molar-refractivity contribution is 7.09. The topological polar surface area (TPSA) is 50.4 Å². The van der Waals surface area contributed by atoms with E-state index in [0.29, 0.717) is 17.4 Å². The summed E-state index contributed by atoms with van der Waals surface area (Å²) in [5.74, 6) is 0.639. The van der Waals surface area contributed by atoms with Gasteiger partial charge in [0.05, 0.1) is 0 Å². The summed E-state index contributed by atoms with van der Waals surface area (Å²) in [6.45, 7) is 0.791. The fourth-order valence-corrected chi connectivity index (χ4v) is 3.85. The lowest BCUT2D eigenvalue weighted by Gasteiger charge is -2.10. The number of rotatable bonds is 4. The second kappa shape index (κ2) is 4.92. The Hall–Kier alpha value is -1.03. The summed E-state index contributed by atoms with van der Waals surface area (Å²) in [6.07, 6.45) is 7.85. The Morgan fingerprint density at radius 1 is 1.50 bits per heavy atom. The van der Waals surface area contributed by atoms with E-state index in [4.69, 9.17) is 5.73 Å². The third kappa shape index (κ3) is 2.53. The average Bonchev–Trinajstić information content (AvgIpc) is 2.79. The van der Waals surface area contributed by atoms with Crippen molar-refractivity contribution in [3.05, 3.63) is 22.4 Å². The van der Waals surface area contributed by atoms with Gasteiger partial charge in [0.2, 0.25) is 0 Å². The molecule has 0 bridgehead atoms. The number of aliphatic imine (C=N–C) groups is 1. The minimum atomic E-state index is 0.591. The number of hydrogen-bond acceptors (Lipinski definition) is 2. The van der Waals surface area contributed by atoms with Crippen molar-refractivity contribution >= 4 is 17.3 Å². The van der Waals surface area contributed by atoms with Gasteiger partial charge in [0, 0.05) is 23.9 Å². The number of nitrogens with two attached hydrogens (primary N) is 1. The van der Waals surface area contributed by atoms with Crippen molar-refractivity contribution in [3.63, 3.8) is 0 Å². The lowest BCUT2D eigenvalue weighted by atomic mass is 10.1. The van der Waals surface area contributed by atoms with Gasteiger partial charge in [-0.2, -0.15) is 0 Å². The summed E-state index contributed by atoms with van der Waals surface area (Å²) in [6, 6.07) is 4.84. The van der Waals surface area contributed by atoms with Gasteiger partial charge in [-0.3, -0.25) is 4.99 Å². The minimum absolute atomic E-state index is 0.591. The molecule has 1 aromatic rings. The molecule has 0 radical (unpaired) electrons. The summed E-state index contributed by atoms with van der Waals surface area (Å²) >= 11 is 1.79. The maximum Gasteiger partial charge on any atom is 0.188 e. The number of nitrogens with one attached hydrogen (secondary N) is 1. The maximum absolute atomic E-state index is 5.95. The van der Waals surface area contributed by atoms with Crippen LogP contribution in [0.3, 0.4) is 0 Å². The van der Waals surface area contributed by atoms with Crippen LogP contribution in [0.15, 0.2) is 22.5 Å². The monoisotopic (exact) mass is 263 g/mol. The standard InChI is InChI=1S/C14H21N3S/c15-13(16-8-5-11-4-3-9-18-11)17-12-10-14(12)6-1-2-7-14/h3-4,9,12H,1-2,5-8,10H2,(H3,15,16,17). The van der Waals surface area contributed by atoms with E-state index in [1.54, 1.807) is 11.3 Å². The zero-order valence-electron chi connectivity index (χ0n) is 10.7. The first-order valence-corrected chi connectivity index (χ1v) is 7.75. The minimum Gasteiger partial charge on any atom is -0.370 e. The van der Waals surface area contributed by atoms with Gasteiger partial charge >= 0.3 is 0 Å². The molecule has 3 nitrogen and oxygen atoms in total. The van der Waals surface area contributed by atoms with E-state index in [0.717, 1.165) is 13.0 Å². The number of hydrogen-bond donors (Lipinski definition) is 2. The molecule has 0 aliphatic heterocycles. The second-order valence-electron chi connectivity index (χ2n) is 5.57. The SMILES string of the molecule is NC(=NCCc1cccs1)NC1CC12CCCC2. The zero-order valence-corrected chi connectivity index (χ0v) is 11.5. The Labute approximate surface area is 112 Å². The summed E-state index contributed by atoms with van der Waals surface area (Å²) < 4.78 is 0. The molecule has 18 heavy (non-hydrogen) atoms. The number of guanidine groups is 1. The molecule has 2 saturated carbocycles. The summed E-state index contributed by atoms with van der Waals surface area (Å²) in [7, 11) is 0. The first kappa shape index (κ1) is 12.0. The van der Waals surface area contributed by atoms with Crippen molar-refractivity contribution in [1.29, 1.82) is 0 Å². The van der Waals surface area contributed by atoms with Crippen molar-refractivity contribution in [2.75, 3.05) is 6.54 Å². The van der Waals surface area contributed by atoms with Gasteiger partial charge in [0.25, 0.3) is 0 Å². The van der Waals surface area contributed by atoms with Crippen molar-refractivity contribution in [2.45, 2.75) is 44.6 Å². The maximum atomic E-state index is 5.95. The van der Waals surface area contributed by atoms with Crippen LogP contribution in [0.2, 0.25) is 0 Å². The molecule has 0 aromatic carbocycles. The summed E-state index contributed by atoms with van der Waals surface area (Å²) in [5, 5.41) is 5.50. The van der Waals surface area contributed by atoms with Gasteiger partial charge < -0.3 is 11.1 Å². The highest BCUT2D eigenvalue weighted by atomic mass is 32.1. The molecular formula is C14H21N3S. The third-order valence-corrected chi connectivity index (χ3v) is 5.27. The first-order chi connectivity index (χ1) is 8.78. The lowest BCUT2D eigenvalue weighted by molar-refractivity contribution is 0.496. The van der Waals surface area contributed by atoms with Crippen LogP contribution in [0.25, 0.3) is 0 Å². The van der Waals surface area contributed by atoms with E-state index in [9.17, 15) is 0 Å². The molecule has 0 amide bonds. The van der Waals surface area contributed by atoms with Crippen LogP contribution >= 0.6 is 11.3 Å². The zero-order chi connectivity index (χ0) is 12.4. The van der Waals surface area contributed by atoms with Gasteiger partial charge in [-0.15, -0.1) is 11.3 Å². The molecule has 1 aromatic heterocycles. The molecular weight excluding hydrogens is 242 g/mol. The third-order valence-electron chi connectivity index (χ3n) is 4.33. The smallest absolute Gasteiger partial charge is 0.188 e. The van der Waals surface area contributed by atoms with Crippen LogP contribution in [-0.2, 0) is 6.42 Å². The average molecular weight is 263 g/mol. The predicted octanol–water partition coefficient (Wildman–Crippen LogP) is 2.53. The van der Waals surface area contributed by atoms with E-state index in [-0.39, 0.29) is 0 Å².